The van der Waals surface area contributed by atoms with Crippen molar-refractivity contribution < 1.29 is 9.59 Å². The van der Waals surface area contributed by atoms with Crippen LogP contribution in [0, 0.1) is 6.92 Å². The van der Waals surface area contributed by atoms with Crippen molar-refractivity contribution in [3.05, 3.63) is 77.6 Å². The Morgan fingerprint density at radius 3 is 2.29 bits per heavy atom. The minimum atomic E-state index is 0.0808. The zero-order valence-corrected chi connectivity index (χ0v) is 20.3. The molecular formula is C26H31N5O2S. The smallest absolute Gasteiger partial charge is 0.233 e. The van der Waals surface area contributed by atoms with E-state index in [0.29, 0.717) is 31.8 Å². The lowest BCUT2D eigenvalue weighted by molar-refractivity contribution is -0.129. The molecule has 2 heterocycles. The lowest BCUT2D eigenvalue weighted by Crippen LogP contribution is -2.47. The topological polar surface area (TPSA) is 80.1 Å². The van der Waals surface area contributed by atoms with Crippen LogP contribution in [0.4, 0.5) is 0 Å². The highest BCUT2D eigenvalue weighted by Gasteiger charge is 2.24. The third kappa shape index (κ3) is 6.70. The molecule has 34 heavy (non-hydrogen) atoms. The summed E-state index contributed by atoms with van der Waals surface area (Å²) in [5.74, 6) is 1.35. The van der Waals surface area contributed by atoms with E-state index in [-0.39, 0.29) is 17.9 Å². The fourth-order valence-corrected chi connectivity index (χ4v) is 5.00. The third-order valence-corrected chi connectivity index (χ3v) is 7.06. The van der Waals surface area contributed by atoms with Crippen LogP contribution in [0.3, 0.4) is 0 Å². The molecule has 178 valence electrons. The van der Waals surface area contributed by atoms with E-state index in [2.05, 4.69) is 27.6 Å². The SMILES string of the molecule is Cc1nnc(SCC(=O)N2CCC(NC(=O)CCc3ccccc3)CC2)n1Cc1ccccc1. The molecule has 1 aromatic heterocycles. The molecule has 1 saturated heterocycles. The Morgan fingerprint density at radius 2 is 1.62 bits per heavy atom. The Bertz CT molecular complexity index is 1080. The second-order valence-electron chi connectivity index (χ2n) is 8.60. The predicted molar refractivity (Wildman–Crippen MR) is 134 cm³/mol. The highest BCUT2D eigenvalue weighted by Crippen LogP contribution is 2.20. The maximum Gasteiger partial charge on any atom is 0.233 e. The molecule has 7 nitrogen and oxygen atoms in total. The van der Waals surface area contributed by atoms with Gasteiger partial charge in [-0.25, -0.2) is 0 Å². The first-order valence-electron chi connectivity index (χ1n) is 11.8. The van der Waals surface area contributed by atoms with E-state index in [1.54, 1.807) is 0 Å². The minimum Gasteiger partial charge on any atom is -0.353 e. The number of amides is 2. The van der Waals surface area contributed by atoms with E-state index in [1.807, 2.05) is 64.9 Å². The molecule has 1 aliphatic rings. The van der Waals surface area contributed by atoms with Crippen LogP contribution in [-0.2, 0) is 22.6 Å². The fourth-order valence-electron chi connectivity index (χ4n) is 4.11. The molecule has 0 saturated carbocycles. The molecule has 0 aliphatic carbocycles. The van der Waals surface area contributed by atoms with Gasteiger partial charge in [0.05, 0.1) is 12.3 Å². The zero-order chi connectivity index (χ0) is 23.8. The lowest BCUT2D eigenvalue weighted by Gasteiger charge is -2.32. The number of thioether (sulfide) groups is 1. The standard InChI is InChI=1S/C26H31N5O2S/c1-20-28-29-26(31(20)18-22-10-6-3-7-11-22)34-19-25(33)30-16-14-23(15-17-30)27-24(32)13-12-21-8-4-2-5-9-21/h2-11,23H,12-19H2,1H3,(H,27,32). The van der Waals surface area contributed by atoms with Gasteiger partial charge in [0.1, 0.15) is 5.82 Å². The summed E-state index contributed by atoms with van der Waals surface area (Å²) in [6, 6.07) is 20.4. The Kier molecular flexibility index (Phi) is 8.36. The number of nitrogens with zero attached hydrogens (tertiary/aromatic N) is 4. The summed E-state index contributed by atoms with van der Waals surface area (Å²) >= 11 is 1.43. The number of hydrogen-bond donors (Lipinski definition) is 1. The van der Waals surface area contributed by atoms with Crippen molar-refractivity contribution in [3.63, 3.8) is 0 Å². The quantitative estimate of drug-likeness (QED) is 0.478. The molecule has 2 aromatic carbocycles. The molecule has 1 aliphatic heterocycles. The molecule has 0 atom stereocenters. The number of benzene rings is 2. The van der Waals surface area contributed by atoms with E-state index in [1.165, 1.54) is 22.9 Å². The summed E-state index contributed by atoms with van der Waals surface area (Å²) in [6.45, 7) is 3.95. The summed E-state index contributed by atoms with van der Waals surface area (Å²) in [6.07, 6.45) is 2.81. The summed E-state index contributed by atoms with van der Waals surface area (Å²) < 4.78 is 2.05. The maximum absolute atomic E-state index is 12.8. The van der Waals surface area contributed by atoms with Crippen LogP contribution >= 0.6 is 11.8 Å². The average Bonchev–Trinajstić information content (AvgIpc) is 3.22. The van der Waals surface area contributed by atoms with Gasteiger partial charge in [0.15, 0.2) is 5.16 Å². The van der Waals surface area contributed by atoms with Crippen molar-refractivity contribution >= 4 is 23.6 Å². The van der Waals surface area contributed by atoms with Gasteiger partial charge < -0.3 is 14.8 Å². The van der Waals surface area contributed by atoms with E-state index < -0.39 is 0 Å². The molecule has 1 fully saturated rings. The summed E-state index contributed by atoms with van der Waals surface area (Å²) in [4.78, 5) is 27.0. The summed E-state index contributed by atoms with van der Waals surface area (Å²) in [5, 5.41) is 12.4. The van der Waals surface area contributed by atoms with Crippen LogP contribution < -0.4 is 5.32 Å². The first-order valence-corrected chi connectivity index (χ1v) is 12.7. The van der Waals surface area contributed by atoms with E-state index in [9.17, 15) is 9.59 Å². The minimum absolute atomic E-state index is 0.0808. The number of carbonyl (C=O) groups excluding carboxylic acids is 2. The van der Waals surface area contributed by atoms with Crippen molar-refractivity contribution in [3.8, 4) is 0 Å². The van der Waals surface area contributed by atoms with Gasteiger partial charge in [0.25, 0.3) is 0 Å². The van der Waals surface area contributed by atoms with E-state index in [4.69, 9.17) is 0 Å². The van der Waals surface area contributed by atoms with E-state index >= 15 is 0 Å². The first-order chi connectivity index (χ1) is 16.6. The van der Waals surface area contributed by atoms with Crippen LogP contribution in [0.2, 0.25) is 0 Å². The number of piperidine rings is 1. The van der Waals surface area contributed by atoms with Crippen LogP contribution in [0.25, 0.3) is 0 Å². The van der Waals surface area contributed by atoms with Crippen molar-refractivity contribution in [2.45, 2.75) is 50.4 Å². The second-order valence-corrected chi connectivity index (χ2v) is 9.54. The molecular weight excluding hydrogens is 446 g/mol. The molecule has 0 unspecified atom stereocenters. The predicted octanol–water partition coefficient (Wildman–Crippen LogP) is 3.47. The number of aromatic nitrogens is 3. The van der Waals surface area contributed by atoms with Gasteiger partial charge in [-0.2, -0.15) is 0 Å². The normalized spacial score (nSPS) is 14.2. The molecule has 1 N–H and O–H groups in total. The maximum atomic E-state index is 12.8. The molecule has 0 radical (unpaired) electrons. The number of carbonyl (C=O) groups is 2. The van der Waals surface area contributed by atoms with Gasteiger partial charge >= 0.3 is 0 Å². The number of nitrogens with one attached hydrogen (secondary N) is 1. The largest absolute Gasteiger partial charge is 0.353 e. The summed E-state index contributed by atoms with van der Waals surface area (Å²) in [5.41, 5.74) is 2.34. The van der Waals surface area contributed by atoms with Gasteiger partial charge in [-0.3, -0.25) is 9.59 Å². The van der Waals surface area contributed by atoms with Gasteiger partial charge in [0, 0.05) is 25.6 Å². The zero-order valence-electron chi connectivity index (χ0n) is 19.5. The van der Waals surface area contributed by atoms with Crippen molar-refractivity contribution in [1.82, 2.24) is 25.0 Å². The molecule has 2 amide bonds. The second kappa shape index (κ2) is 11.8. The highest BCUT2D eigenvalue weighted by atomic mass is 32.2. The van der Waals surface area contributed by atoms with Crippen molar-refractivity contribution in [2.75, 3.05) is 18.8 Å². The lowest BCUT2D eigenvalue weighted by atomic mass is 10.0. The van der Waals surface area contributed by atoms with Crippen molar-refractivity contribution in [2.24, 2.45) is 0 Å². The Hall–Kier alpha value is -3.13. The van der Waals surface area contributed by atoms with Crippen LogP contribution in [-0.4, -0.2) is 56.4 Å². The van der Waals surface area contributed by atoms with Gasteiger partial charge in [-0.1, -0.05) is 72.4 Å². The molecule has 0 bridgehead atoms. The summed E-state index contributed by atoms with van der Waals surface area (Å²) in [7, 11) is 0. The molecule has 0 spiro atoms. The fraction of sp³-hybridized carbons (Fsp3) is 0.385. The molecule has 8 heteroatoms. The number of aryl methyl sites for hydroxylation is 2. The van der Waals surface area contributed by atoms with Crippen molar-refractivity contribution in [1.29, 1.82) is 0 Å². The van der Waals surface area contributed by atoms with Crippen LogP contribution in [0.1, 0.15) is 36.2 Å². The van der Waals surface area contributed by atoms with Gasteiger partial charge in [-0.15, -0.1) is 10.2 Å². The monoisotopic (exact) mass is 477 g/mol. The van der Waals surface area contributed by atoms with Crippen LogP contribution in [0.5, 0.6) is 0 Å². The molecule has 3 aromatic rings. The molecule has 4 rings (SSSR count). The number of likely N-dealkylation sites (tertiary alicyclic amines) is 1. The van der Waals surface area contributed by atoms with E-state index in [0.717, 1.165) is 30.2 Å². The average molecular weight is 478 g/mol. The van der Waals surface area contributed by atoms with Gasteiger partial charge in [-0.05, 0) is 37.3 Å². The highest BCUT2D eigenvalue weighted by molar-refractivity contribution is 7.99. The Balaban J connectivity index is 1.20. The van der Waals surface area contributed by atoms with Crippen LogP contribution in [0.15, 0.2) is 65.8 Å². The first kappa shape index (κ1) is 24.0. The Labute approximate surface area is 205 Å². The van der Waals surface area contributed by atoms with Gasteiger partial charge in [0.2, 0.25) is 11.8 Å². The third-order valence-electron chi connectivity index (χ3n) is 6.11. The number of rotatable bonds is 9. The number of hydrogen-bond acceptors (Lipinski definition) is 5. The Morgan fingerprint density at radius 1 is 0.971 bits per heavy atom.